The van der Waals surface area contributed by atoms with Crippen molar-refractivity contribution in [2.24, 2.45) is 0 Å². The van der Waals surface area contributed by atoms with Gasteiger partial charge >= 0.3 is 7.69 Å². The second-order valence-electron chi connectivity index (χ2n) is 4.10. The third-order valence-corrected chi connectivity index (χ3v) is 2.63. The van der Waals surface area contributed by atoms with Crippen molar-refractivity contribution in [3.63, 3.8) is 0 Å². The van der Waals surface area contributed by atoms with E-state index in [1.54, 1.807) is 36.4 Å². The highest BCUT2D eigenvalue weighted by Gasteiger charge is 1.96. The molecule has 0 bridgehead atoms. The molecule has 0 N–H and O–H groups in total. The maximum Gasteiger partial charge on any atom is 0.575 e. The van der Waals surface area contributed by atoms with Gasteiger partial charge in [0.05, 0.1) is 12.5 Å². The normalized spacial score (nSPS) is 11.0. The van der Waals surface area contributed by atoms with Gasteiger partial charge in [0.15, 0.2) is 0 Å². The quantitative estimate of drug-likeness (QED) is 0.455. The summed E-state index contributed by atoms with van der Waals surface area (Å²) in [6, 6.07) is 12.7. The van der Waals surface area contributed by atoms with Gasteiger partial charge in [-0.05, 0) is 24.3 Å². The average Bonchev–Trinajstić information content (AvgIpc) is 2.50. The van der Waals surface area contributed by atoms with E-state index in [-0.39, 0.29) is 19.3 Å². The van der Waals surface area contributed by atoms with E-state index in [0.29, 0.717) is 11.1 Å². The van der Waals surface area contributed by atoms with Crippen molar-refractivity contribution in [3.05, 3.63) is 83.8 Å². The van der Waals surface area contributed by atoms with Gasteiger partial charge in [0.25, 0.3) is 0 Å². The molecule has 5 heteroatoms. The zero-order valence-electron chi connectivity index (χ0n) is 11.2. The first-order valence-electron chi connectivity index (χ1n) is 6.33. The lowest BCUT2D eigenvalue weighted by Crippen LogP contribution is -1.94. The van der Waals surface area contributed by atoms with E-state index in [2.05, 4.69) is 0 Å². The van der Waals surface area contributed by atoms with Crippen molar-refractivity contribution in [3.8, 4) is 0 Å². The van der Waals surface area contributed by atoms with Gasteiger partial charge in [-0.3, -0.25) is 0 Å². The molecular formula is C16H13BF2O2. The van der Waals surface area contributed by atoms with Crippen LogP contribution in [0.1, 0.15) is 11.1 Å². The van der Waals surface area contributed by atoms with Crippen LogP contribution in [0, 0.1) is 11.6 Å². The number of benzene rings is 2. The van der Waals surface area contributed by atoms with E-state index in [4.69, 9.17) is 9.31 Å². The van der Waals surface area contributed by atoms with Crippen molar-refractivity contribution in [2.75, 3.05) is 0 Å². The van der Waals surface area contributed by atoms with Gasteiger partial charge in [-0.1, -0.05) is 36.4 Å². The van der Waals surface area contributed by atoms with Crippen molar-refractivity contribution in [1.82, 2.24) is 0 Å². The van der Waals surface area contributed by atoms with Crippen molar-refractivity contribution < 1.29 is 18.1 Å². The molecule has 0 amide bonds. The van der Waals surface area contributed by atoms with E-state index in [1.807, 2.05) is 0 Å². The number of hydrogen-bond acceptors (Lipinski definition) is 2. The third kappa shape index (κ3) is 4.80. The zero-order chi connectivity index (χ0) is 14.9. The summed E-state index contributed by atoms with van der Waals surface area (Å²) in [6.07, 6.45) is 5.68. The number of rotatable bonds is 6. The van der Waals surface area contributed by atoms with Crippen LogP contribution in [0.4, 0.5) is 8.78 Å². The largest absolute Gasteiger partial charge is 0.575 e. The molecule has 0 atom stereocenters. The summed E-state index contributed by atoms with van der Waals surface area (Å²) < 4.78 is 36.6. The topological polar surface area (TPSA) is 18.5 Å². The zero-order valence-corrected chi connectivity index (χ0v) is 11.2. The molecule has 0 radical (unpaired) electrons. The summed E-state index contributed by atoms with van der Waals surface area (Å²) in [7, 11) is -0.0457. The Kier molecular flexibility index (Phi) is 5.58. The van der Waals surface area contributed by atoms with E-state index in [0.717, 1.165) is 0 Å². The lowest BCUT2D eigenvalue weighted by molar-refractivity contribution is 0.379. The van der Waals surface area contributed by atoms with Crippen LogP contribution >= 0.6 is 0 Å². The molecule has 2 aromatic rings. The Labute approximate surface area is 122 Å². The van der Waals surface area contributed by atoms with Crippen LogP contribution in [0.2, 0.25) is 0 Å². The SMILES string of the molecule is Fc1ccccc1C=COBOC=Cc1ccccc1F. The molecule has 2 rings (SSSR count). The summed E-state index contributed by atoms with van der Waals surface area (Å²) in [5.41, 5.74) is 0.860. The first kappa shape index (κ1) is 14.8. The summed E-state index contributed by atoms with van der Waals surface area (Å²) in [6.45, 7) is 0. The Balaban J connectivity index is 1.73. The molecule has 0 saturated heterocycles. The van der Waals surface area contributed by atoms with Gasteiger partial charge in [-0.2, -0.15) is 0 Å². The van der Waals surface area contributed by atoms with Gasteiger partial charge in [0, 0.05) is 11.1 Å². The van der Waals surface area contributed by atoms with Gasteiger partial charge in [-0.15, -0.1) is 0 Å². The standard InChI is InChI=1S/C16H13BF2O2/c18-15-7-3-1-5-13(15)9-11-20-17-21-12-10-14-6-2-4-8-16(14)19/h1-12,17H. The fourth-order valence-corrected chi connectivity index (χ4v) is 1.58. The van der Waals surface area contributed by atoms with Crippen LogP contribution in [-0.2, 0) is 9.31 Å². The summed E-state index contributed by atoms with van der Waals surface area (Å²) in [5.74, 6) is -0.643. The molecule has 2 aromatic carbocycles. The molecule has 0 aliphatic rings. The molecule has 2 nitrogen and oxygen atoms in total. The minimum Gasteiger partial charge on any atom is -0.535 e. The van der Waals surface area contributed by atoms with Crippen LogP contribution in [0.25, 0.3) is 12.2 Å². The van der Waals surface area contributed by atoms with Gasteiger partial charge in [-0.25, -0.2) is 8.78 Å². The number of hydrogen-bond donors (Lipinski definition) is 0. The van der Waals surface area contributed by atoms with Crippen molar-refractivity contribution in [1.29, 1.82) is 0 Å². The Morgan fingerprint density at radius 2 is 1.14 bits per heavy atom. The highest BCUT2D eigenvalue weighted by atomic mass is 19.1. The minimum absolute atomic E-state index is 0.0457. The highest BCUT2D eigenvalue weighted by Crippen LogP contribution is 2.09. The van der Waals surface area contributed by atoms with Crippen LogP contribution in [0.3, 0.4) is 0 Å². The minimum atomic E-state index is -0.322. The lowest BCUT2D eigenvalue weighted by atomic mass is 10.2. The third-order valence-electron chi connectivity index (χ3n) is 2.63. The van der Waals surface area contributed by atoms with Crippen LogP contribution in [0.15, 0.2) is 61.1 Å². The van der Waals surface area contributed by atoms with E-state index >= 15 is 0 Å². The van der Waals surface area contributed by atoms with E-state index in [9.17, 15) is 8.78 Å². The molecule has 0 aliphatic heterocycles. The van der Waals surface area contributed by atoms with Crippen LogP contribution in [-0.4, -0.2) is 7.69 Å². The molecule has 0 heterocycles. The van der Waals surface area contributed by atoms with Crippen molar-refractivity contribution in [2.45, 2.75) is 0 Å². The Morgan fingerprint density at radius 1 is 0.714 bits per heavy atom. The summed E-state index contributed by atoms with van der Waals surface area (Å²) in [4.78, 5) is 0. The molecule has 106 valence electrons. The maximum atomic E-state index is 13.3. The second kappa shape index (κ2) is 7.90. The molecular weight excluding hydrogens is 273 g/mol. The molecule has 0 spiro atoms. The molecule has 0 fully saturated rings. The van der Waals surface area contributed by atoms with Crippen molar-refractivity contribution >= 4 is 19.8 Å². The van der Waals surface area contributed by atoms with E-state index in [1.165, 1.54) is 36.8 Å². The Morgan fingerprint density at radius 3 is 1.57 bits per heavy atom. The number of halogens is 2. The molecule has 0 saturated carbocycles. The lowest BCUT2D eigenvalue weighted by Gasteiger charge is -1.99. The molecule has 21 heavy (non-hydrogen) atoms. The summed E-state index contributed by atoms with van der Waals surface area (Å²) in [5, 5.41) is 0. The molecule has 0 aromatic heterocycles. The molecule has 0 unspecified atom stereocenters. The second-order valence-corrected chi connectivity index (χ2v) is 4.10. The van der Waals surface area contributed by atoms with Gasteiger partial charge in [0.1, 0.15) is 11.6 Å². The predicted molar refractivity (Wildman–Crippen MR) is 80.2 cm³/mol. The first-order valence-corrected chi connectivity index (χ1v) is 6.33. The molecule has 0 aliphatic carbocycles. The fourth-order valence-electron chi connectivity index (χ4n) is 1.58. The van der Waals surface area contributed by atoms with Crippen LogP contribution < -0.4 is 0 Å². The Hall–Kier alpha value is -2.56. The smallest absolute Gasteiger partial charge is 0.535 e. The summed E-state index contributed by atoms with van der Waals surface area (Å²) >= 11 is 0. The highest BCUT2D eigenvalue weighted by molar-refractivity contribution is 6.18. The average molecular weight is 286 g/mol. The monoisotopic (exact) mass is 286 g/mol. The Bertz CT molecular complexity index is 586. The first-order chi connectivity index (χ1) is 10.3. The van der Waals surface area contributed by atoms with Gasteiger partial charge in [0.2, 0.25) is 0 Å². The van der Waals surface area contributed by atoms with E-state index < -0.39 is 0 Å². The van der Waals surface area contributed by atoms with Crippen LogP contribution in [0.5, 0.6) is 0 Å². The maximum absolute atomic E-state index is 13.3. The predicted octanol–water partition coefficient (Wildman–Crippen LogP) is 3.91. The fraction of sp³-hybridized carbons (Fsp3) is 0. The van der Waals surface area contributed by atoms with Gasteiger partial charge < -0.3 is 9.31 Å².